The zero-order valence-electron chi connectivity index (χ0n) is 13.3. The van der Waals surface area contributed by atoms with E-state index in [0.29, 0.717) is 17.6 Å². The lowest BCUT2D eigenvalue weighted by Gasteiger charge is -2.24. The van der Waals surface area contributed by atoms with Gasteiger partial charge in [-0.1, -0.05) is 18.7 Å². The lowest BCUT2D eigenvalue weighted by Crippen LogP contribution is -2.33. The molecular weight excluding hydrogens is 298 g/mol. The highest BCUT2D eigenvalue weighted by Crippen LogP contribution is 2.27. The number of rotatable bonds is 6. The molecule has 0 amide bonds. The van der Waals surface area contributed by atoms with Crippen LogP contribution in [-0.2, 0) is 16.1 Å². The van der Waals surface area contributed by atoms with Crippen LogP contribution in [-0.4, -0.2) is 34.1 Å². The van der Waals surface area contributed by atoms with Crippen molar-refractivity contribution in [2.75, 3.05) is 7.05 Å². The monoisotopic (exact) mass is 317 g/mol. The van der Waals surface area contributed by atoms with E-state index in [9.17, 15) is 14.9 Å². The van der Waals surface area contributed by atoms with Gasteiger partial charge in [0.15, 0.2) is 6.23 Å². The summed E-state index contributed by atoms with van der Waals surface area (Å²) in [4.78, 5) is 27.0. The van der Waals surface area contributed by atoms with Gasteiger partial charge in [0, 0.05) is 29.8 Å². The number of para-hydroxylation sites is 1. The number of fused-ring (bicyclic) bond motifs is 1. The second-order valence-electron chi connectivity index (χ2n) is 5.47. The third-order valence-corrected chi connectivity index (χ3v) is 3.64. The van der Waals surface area contributed by atoms with E-state index in [-0.39, 0.29) is 5.69 Å². The normalized spacial score (nSPS) is 12.3. The number of non-ortho nitro benzene ring substituents is 1. The molecule has 1 heterocycles. The van der Waals surface area contributed by atoms with Gasteiger partial charge in [0.1, 0.15) is 5.52 Å². The van der Waals surface area contributed by atoms with Crippen molar-refractivity contribution in [3.63, 3.8) is 0 Å². The summed E-state index contributed by atoms with van der Waals surface area (Å²) in [5.41, 5.74) is 1.77. The number of hydrogen-bond acceptors (Lipinski definition) is 5. The molecule has 0 radical (unpaired) electrons. The number of nitrogens with one attached hydrogen (secondary N) is 1. The number of ether oxygens (including phenoxy) is 1. The minimum atomic E-state index is -0.445. The molecule has 1 aromatic heterocycles. The van der Waals surface area contributed by atoms with Crippen LogP contribution in [0.4, 0.5) is 5.69 Å². The van der Waals surface area contributed by atoms with E-state index in [4.69, 9.17) is 4.74 Å². The third-order valence-electron chi connectivity index (χ3n) is 3.64. The zero-order valence-corrected chi connectivity index (χ0v) is 13.3. The Morgan fingerprint density at radius 1 is 1.52 bits per heavy atom. The summed E-state index contributed by atoms with van der Waals surface area (Å²) < 4.78 is 5.27. The van der Waals surface area contributed by atoms with E-state index in [2.05, 4.69) is 11.6 Å². The number of aromatic nitrogens is 1. The van der Waals surface area contributed by atoms with Crippen molar-refractivity contribution in [2.24, 2.45) is 0 Å². The SMILES string of the molecule is C=C(C)C(=O)OC(C)N(C)Cc1c[nH]c2c([N+](=O)[O-])cccc12. The number of nitro groups is 1. The minimum absolute atomic E-state index is 0.0400. The standard InChI is InChI=1S/C16H19N3O4/c1-10(2)16(20)23-11(3)18(4)9-12-8-17-15-13(12)6-5-7-14(15)19(21)22/h5-8,11,17H,1,9H2,2-4H3. The second-order valence-corrected chi connectivity index (χ2v) is 5.47. The molecule has 0 spiro atoms. The van der Waals surface area contributed by atoms with Crippen LogP contribution in [0.5, 0.6) is 0 Å². The van der Waals surface area contributed by atoms with E-state index in [1.165, 1.54) is 6.07 Å². The maximum atomic E-state index is 11.6. The number of nitrogens with zero attached hydrogens (tertiary/aromatic N) is 2. The van der Waals surface area contributed by atoms with Crippen molar-refractivity contribution in [1.82, 2.24) is 9.88 Å². The smallest absolute Gasteiger partial charge is 0.334 e. The summed E-state index contributed by atoms with van der Waals surface area (Å²) >= 11 is 0. The van der Waals surface area contributed by atoms with Gasteiger partial charge in [-0.2, -0.15) is 0 Å². The highest BCUT2D eigenvalue weighted by Gasteiger charge is 2.19. The molecular formula is C16H19N3O4. The molecule has 2 aromatic rings. The van der Waals surface area contributed by atoms with Crippen LogP contribution < -0.4 is 0 Å². The molecule has 0 aliphatic carbocycles. The first kappa shape index (κ1) is 16.7. The molecule has 1 unspecified atom stereocenters. The van der Waals surface area contributed by atoms with Gasteiger partial charge in [-0.15, -0.1) is 0 Å². The van der Waals surface area contributed by atoms with Crippen molar-refractivity contribution >= 4 is 22.6 Å². The average molecular weight is 317 g/mol. The van der Waals surface area contributed by atoms with Crippen molar-refractivity contribution < 1.29 is 14.5 Å². The largest absolute Gasteiger partial charge is 0.443 e. The molecule has 1 N–H and O–H groups in total. The lowest BCUT2D eigenvalue weighted by atomic mass is 10.1. The van der Waals surface area contributed by atoms with Gasteiger partial charge in [-0.05, 0) is 26.5 Å². The van der Waals surface area contributed by atoms with Gasteiger partial charge in [-0.3, -0.25) is 15.0 Å². The van der Waals surface area contributed by atoms with Crippen LogP contribution >= 0.6 is 0 Å². The van der Waals surface area contributed by atoms with E-state index in [1.807, 2.05) is 18.0 Å². The molecule has 7 nitrogen and oxygen atoms in total. The maximum absolute atomic E-state index is 11.6. The Kier molecular flexibility index (Phi) is 4.80. The number of hydrogen-bond donors (Lipinski definition) is 1. The molecule has 1 aromatic carbocycles. The molecule has 0 bridgehead atoms. The Morgan fingerprint density at radius 3 is 2.83 bits per heavy atom. The van der Waals surface area contributed by atoms with Crippen LogP contribution in [0.3, 0.4) is 0 Å². The summed E-state index contributed by atoms with van der Waals surface area (Å²) in [6.07, 6.45) is 1.30. The molecule has 0 saturated carbocycles. The molecule has 7 heteroatoms. The molecule has 1 atom stereocenters. The molecule has 23 heavy (non-hydrogen) atoms. The predicted molar refractivity (Wildman–Crippen MR) is 86.8 cm³/mol. The Bertz CT molecular complexity index is 766. The molecule has 0 fully saturated rings. The van der Waals surface area contributed by atoms with Gasteiger partial charge in [-0.25, -0.2) is 4.79 Å². The van der Waals surface area contributed by atoms with Crippen LogP contribution in [0.1, 0.15) is 19.4 Å². The molecule has 122 valence electrons. The second kappa shape index (κ2) is 6.62. The topological polar surface area (TPSA) is 88.5 Å². The Hall–Kier alpha value is -2.67. The fourth-order valence-electron chi connectivity index (χ4n) is 2.22. The summed E-state index contributed by atoms with van der Waals surface area (Å²) in [7, 11) is 1.81. The summed E-state index contributed by atoms with van der Waals surface area (Å²) in [6, 6.07) is 4.94. The van der Waals surface area contributed by atoms with Crippen LogP contribution in [0, 0.1) is 10.1 Å². The summed E-state index contributed by atoms with van der Waals surface area (Å²) in [6.45, 7) is 7.38. The molecule has 0 aliphatic heterocycles. The first-order valence-corrected chi connectivity index (χ1v) is 7.11. The van der Waals surface area contributed by atoms with Crippen molar-refractivity contribution in [3.8, 4) is 0 Å². The van der Waals surface area contributed by atoms with Gasteiger partial charge in [0.2, 0.25) is 0 Å². The van der Waals surface area contributed by atoms with Crippen molar-refractivity contribution in [1.29, 1.82) is 0 Å². The Balaban J connectivity index is 2.19. The Morgan fingerprint density at radius 2 is 2.22 bits per heavy atom. The van der Waals surface area contributed by atoms with Crippen LogP contribution in [0.25, 0.3) is 10.9 Å². The van der Waals surface area contributed by atoms with Crippen molar-refractivity contribution in [2.45, 2.75) is 26.6 Å². The lowest BCUT2D eigenvalue weighted by molar-refractivity contribution is -0.383. The average Bonchev–Trinajstić information content (AvgIpc) is 2.89. The molecule has 2 rings (SSSR count). The highest BCUT2D eigenvalue weighted by molar-refractivity contribution is 5.90. The first-order valence-electron chi connectivity index (χ1n) is 7.11. The van der Waals surface area contributed by atoms with E-state index in [1.54, 1.807) is 26.1 Å². The third kappa shape index (κ3) is 3.57. The van der Waals surface area contributed by atoms with Crippen LogP contribution in [0.15, 0.2) is 36.5 Å². The Labute approximate surface area is 133 Å². The van der Waals surface area contributed by atoms with Gasteiger partial charge in [0.25, 0.3) is 5.69 Å². The minimum Gasteiger partial charge on any atom is -0.443 e. The first-order chi connectivity index (χ1) is 10.8. The summed E-state index contributed by atoms with van der Waals surface area (Å²) in [5.74, 6) is -0.445. The quantitative estimate of drug-likeness (QED) is 0.291. The predicted octanol–water partition coefficient (Wildman–Crippen LogP) is 2.97. The van der Waals surface area contributed by atoms with E-state index in [0.717, 1.165) is 10.9 Å². The van der Waals surface area contributed by atoms with Crippen molar-refractivity contribution in [3.05, 3.63) is 52.2 Å². The van der Waals surface area contributed by atoms with Gasteiger partial charge in [0.05, 0.1) is 4.92 Å². The van der Waals surface area contributed by atoms with Crippen LogP contribution in [0.2, 0.25) is 0 Å². The van der Waals surface area contributed by atoms with E-state index < -0.39 is 17.1 Å². The number of nitro benzene ring substituents is 1. The zero-order chi connectivity index (χ0) is 17.1. The fourth-order valence-corrected chi connectivity index (χ4v) is 2.22. The number of H-pyrrole nitrogens is 1. The highest BCUT2D eigenvalue weighted by atomic mass is 16.6. The fraction of sp³-hybridized carbons (Fsp3) is 0.312. The summed E-state index contributed by atoms with van der Waals surface area (Å²) in [5, 5.41) is 11.8. The number of carbonyl (C=O) groups is 1. The maximum Gasteiger partial charge on any atom is 0.334 e. The van der Waals surface area contributed by atoms with Gasteiger partial charge >= 0.3 is 5.97 Å². The molecule has 0 aliphatic rings. The number of carbonyl (C=O) groups excluding carboxylic acids is 1. The molecule has 0 saturated heterocycles. The van der Waals surface area contributed by atoms with Gasteiger partial charge < -0.3 is 9.72 Å². The number of aromatic amines is 1. The van der Waals surface area contributed by atoms with E-state index >= 15 is 0 Å². The number of esters is 1. The number of benzene rings is 1.